The topological polar surface area (TPSA) is 41.5 Å². The number of anilines is 1. The van der Waals surface area contributed by atoms with E-state index >= 15 is 0 Å². The lowest BCUT2D eigenvalue weighted by Gasteiger charge is -2.11. The van der Waals surface area contributed by atoms with Crippen LogP contribution in [0, 0.1) is 0 Å². The van der Waals surface area contributed by atoms with Crippen molar-refractivity contribution in [2.75, 3.05) is 12.4 Å². The van der Waals surface area contributed by atoms with Crippen molar-refractivity contribution in [2.24, 2.45) is 0 Å². The minimum atomic E-state index is 0.249. The van der Waals surface area contributed by atoms with Crippen molar-refractivity contribution >= 4 is 37.5 Å². The van der Waals surface area contributed by atoms with E-state index in [1.54, 1.807) is 19.2 Å². The largest absolute Gasteiger partial charge is 0.508 e. The van der Waals surface area contributed by atoms with Gasteiger partial charge in [0.05, 0.1) is 7.11 Å². The zero-order valence-electron chi connectivity index (χ0n) is 10.3. The molecule has 0 amide bonds. The predicted octanol–water partition coefficient (Wildman–Crippen LogP) is 4.54. The number of hydrogen-bond acceptors (Lipinski definition) is 3. The lowest BCUT2D eigenvalue weighted by Crippen LogP contribution is -2.01. The highest BCUT2D eigenvalue weighted by molar-refractivity contribution is 9.11. The molecule has 0 spiro atoms. The van der Waals surface area contributed by atoms with Gasteiger partial charge in [0.25, 0.3) is 0 Å². The van der Waals surface area contributed by atoms with Crippen molar-refractivity contribution in [1.82, 2.24) is 0 Å². The SMILES string of the molecule is COc1ccc(O)c(CNc2cc(Br)ccc2Br)c1. The monoisotopic (exact) mass is 385 g/mol. The van der Waals surface area contributed by atoms with E-state index in [4.69, 9.17) is 4.74 Å². The van der Waals surface area contributed by atoms with Crippen LogP contribution in [0.2, 0.25) is 0 Å². The molecule has 0 aromatic heterocycles. The van der Waals surface area contributed by atoms with E-state index in [0.29, 0.717) is 6.54 Å². The summed E-state index contributed by atoms with van der Waals surface area (Å²) in [4.78, 5) is 0. The van der Waals surface area contributed by atoms with Crippen molar-refractivity contribution in [3.8, 4) is 11.5 Å². The minimum Gasteiger partial charge on any atom is -0.508 e. The molecule has 0 radical (unpaired) electrons. The van der Waals surface area contributed by atoms with E-state index in [9.17, 15) is 5.11 Å². The van der Waals surface area contributed by atoms with Crippen molar-refractivity contribution in [1.29, 1.82) is 0 Å². The normalized spacial score (nSPS) is 10.3. The van der Waals surface area contributed by atoms with E-state index in [0.717, 1.165) is 25.9 Å². The Bertz CT molecular complexity index is 588. The molecule has 0 bridgehead atoms. The van der Waals surface area contributed by atoms with Crippen LogP contribution in [-0.2, 0) is 6.54 Å². The lowest BCUT2D eigenvalue weighted by molar-refractivity contribution is 0.411. The molecule has 3 nitrogen and oxygen atoms in total. The average molecular weight is 387 g/mol. The summed E-state index contributed by atoms with van der Waals surface area (Å²) in [5, 5.41) is 13.1. The van der Waals surface area contributed by atoms with E-state index in [-0.39, 0.29) is 5.75 Å². The van der Waals surface area contributed by atoms with E-state index in [1.807, 2.05) is 24.3 Å². The van der Waals surface area contributed by atoms with Gasteiger partial charge in [-0.05, 0) is 52.3 Å². The van der Waals surface area contributed by atoms with Crippen molar-refractivity contribution in [2.45, 2.75) is 6.54 Å². The van der Waals surface area contributed by atoms with Crippen LogP contribution in [0.25, 0.3) is 0 Å². The van der Waals surface area contributed by atoms with Crippen LogP contribution in [0.1, 0.15) is 5.56 Å². The van der Waals surface area contributed by atoms with Crippen molar-refractivity contribution in [3.63, 3.8) is 0 Å². The zero-order chi connectivity index (χ0) is 13.8. The maximum Gasteiger partial charge on any atom is 0.120 e. The Morgan fingerprint density at radius 2 is 1.95 bits per heavy atom. The van der Waals surface area contributed by atoms with Gasteiger partial charge in [-0.15, -0.1) is 0 Å². The number of phenols is 1. The number of halogens is 2. The van der Waals surface area contributed by atoms with Gasteiger partial charge < -0.3 is 15.2 Å². The molecule has 0 heterocycles. The molecular formula is C14H13Br2NO2. The molecule has 0 aliphatic carbocycles. The number of aromatic hydroxyl groups is 1. The Morgan fingerprint density at radius 1 is 1.16 bits per heavy atom. The second-order valence-corrected chi connectivity index (χ2v) is 5.74. The molecule has 2 aromatic carbocycles. The second-order valence-electron chi connectivity index (χ2n) is 3.97. The highest BCUT2D eigenvalue weighted by atomic mass is 79.9. The van der Waals surface area contributed by atoms with Gasteiger partial charge in [0, 0.05) is 26.7 Å². The summed E-state index contributed by atoms with van der Waals surface area (Å²) < 4.78 is 7.11. The fraction of sp³-hybridized carbons (Fsp3) is 0.143. The molecule has 0 aliphatic heterocycles. The summed E-state index contributed by atoms with van der Waals surface area (Å²) >= 11 is 6.91. The molecule has 100 valence electrons. The first-order valence-electron chi connectivity index (χ1n) is 5.65. The molecule has 0 aliphatic rings. The van der Waals surface area contributed by atoms with Crippen molar-refractivity contribution in [3.05, 3.63) is 50.9 Å². The molecule has 0 fully saturated rings. The molecule has 2 aromatic rings. The number of ether oxygens (including phenoxy) is 1. The molecule has 5 heteroatoms. The highest BCUT2D eigenvalue weighted by Gasteiger charge is 2.05. The van der Waals surface area contributed by atoms with Gasteiger partial charge in [-0.2, -0.15) is 0 Å². The average Bonchev–Trinajstić information content (AvgIpc) is 2.41. The molecule has 0 unspecified atom stereocenters. The molecule has 2 rings (SSSR count). The van der Waals surface area contributed by atoms with E-state index < -0.39 is 0 Å². The van der Waals surface area contributed by atoms with Gasteiger partial charge >= 0.3 is 0 Å². The molecule has 2 N–H and O–H groups in total. The summed E-state index contributed by atoms with van der Waals surface area (Å²) in [5.41, 5.74) is 1.74. The van der Waals surface area contributed by atoms with Crippen molar-refractivity contribution < 1.29 is 9.84 Å². The smallest absolute Gasteiger partial charge is 0.120 e. The maximum atomic E-state index is 9.82. The van der Waals surface area contributed by atoms with Gasteiger partial charge in [-0.25, -0.2) is 0 Å². The van der Waals surface area contributed by atoms with Crippen LogP contribution in [0.15, 0.2) is 45.3 Å². The third kappa shape index (κ3) is 3.64. The molecular weight excluding hydrogens is 374 g/mol. The Hall–Kier alpha value is -1.20. The Balaban J connectivity index is 2.16. The molecule has 19 heavy (non-hydrogen) atoms. The standard InChI is InChI=1S/C14H13Br2NO2/c1-19-11-3-5-14(18)9(6-11)8-17-13-7-10(15)2-4-12(13)16/h2-7,17-18H,8H2,1H3. The van der Waals surface area contributed by atoms with Gasteiger partial charge in [-0.1, -0.05) is 15.9 Å². The zero-order valence-corrected chi connectivity index (χ0v) is 13.5. The first-order chi connectivity index (χ1) is 9.10. The Morgan fingerprint density at radius 3 is 2.68 bits per heavy atom. The van der Waals surface area contributed by atoms with Gasteiger partial charge in [0.1, 0.15) is 11.5 Å². The summed E-state index contributed by atoms with van der Waals surface area (Å²) in [5.74, 6) is 0.974. The summed E-state index contributed by atoms with van der Waals surface area (Å²) in [6.45, 7) is 0.512. The minimum absolute atomic E-state index is 0.249. The van der Waals surface area contributed by atoms with Gasteiger partial charge in [0.15, 0.2) is 0 Å². The van der Waals surface area contributed by atoms with Crippen LogP contribution in [0.5, 0.6) is 11.5 Å². The number of hydrogen-bond donors (Lipinski definition) is 2. The lowest BCUT2D eigenvalue weighted by atomic mass is 10.2. The van der Waals surface area contributed by atoms with Crippen LogP contribution in [0.4, 0.5) is 5.69 Å². The Labute approximate surface area is 128 Å². The molecule has 0 saturated heterocycles. The third-order valence-corrected chi connectivity index (χ3v) is 3.87. The molecule has 0 saturated carbocycles. The first kappa shape index (κ1) is 14.2. The van der Waals surface area contributed by atoms with Crippen LogP contribution < -0.4 is 10.1 Å². The van der Waals surface area contributed by atoms with Crippen LogP contribution in [0.3, 0.4) is 0 Å². The highest BCUT2D eigenvalue weighted by Crippen LogP contribution is 2.28. The fourth-order valence-electron chi connectivity index (χ4n) is 1.65. The summed E-state index contributed by atoms with van der Waals surface area (Å²) in [6.07, 6.45) is 0. The van der Waals surface area contributed by atoms with Gasteiger partial charge in [0.2, 0.25) is 0 Å². The number of benzene rings is 2. The Kier molecular flexibility index (Phi) is 4.71. The summed E-state index contributed by atoms with van der Waals surface area (Å²) in [6, 6.07) is 11.1. The third-order valence-electron chi connectivity index (χ3n) is 2.68. The molecule has 0 atom stereocenters. The maximum absolute atomic E-state index is 9.82. The number of methoxy groups -OCH3 is 1. The van der Waals surface area contributed by atoms with E-state index in [1.165, 1.54) is 0 Å². The van der Waals surface area contributed by atoms with Gasteiger partial charge in [-0.3, -0.25) is 0 Å². The van der Waals surface area contributed by atoms with E-state index in [2.05, 4.69) is 37.2 Å². The quantitative estimate of drug-likeness (QED) is 0.810. The summed E-state index contributed by atoms with van der Waals surface area (Å²) in [7, 11) is 1.61. The fourth-order valence-corrected chi connectivity index (χ4v) is 2.40. The number of nitrogens with one attached hydrogen (secondary N) is 1. The number of phenolic OH excluding ortho intramolecular Hbond substituents is 1. The van der Waals surface area contributed by atoms with Crippen LogP contribution in [-0.4, -0.2) is 12.2 Å². The van der Waals surface area contributed by atoms with Crippen LogP contribution >= 0.6 is 31.9 Å². The first-order valence-corrected chi connectivity index (χ1v) is 7.23. The second kappa shape index (κ2) is 6.30. The predicted molar refractivity (Wildman–Crippen MR) is 83.8 cm³/mol. The number of rotatable bonds is 4.